The highest BCUT2D eigenvalue weighted by Crippen LogP contribution is 2.26. The maximum absolute atomic E-state index is 12.5. The number of carbonyl (C=O) groups excluding carboxylic acids is 2. The number of nitrogens with one attached hydrogen (secondary N) is 1. The quantitative estimate of drug-likeness (QED) is 0.763. The zero-order valence-corrected chi connectivity index (χ0v) is 18.1. The second kappa shape index (κ2) is 9.79. The maximum atomic E-state index is 12.5. The van der Waals surface area contributed by atoms with Gasteiger partial charge >= 0.3 is 0 Å². The zero-order chi connectivity index (χ0) is 20.9. The molecule has 2 aromatic rings. The Morgan fingerprint density at radius 2 is 1.83 bits per heavy atom. The van der Waals surface area contributed by atoms with Crippen LogP contribution in [0.15, 0.2) is 24.5 Å². The molecular formula is C22H30ClN5O2. The minimum absolute atomic E-state index is 0.00835. The molecule has 2 aromatic heterocycles. The van der Waals surface area contributed by atoms with Gasteiger partial charge in [-0.3, -0.25) is 14.5 Å². The van der Waals surface area contributed by atoms with Gasteiger partial charge in [0.15, 0.2) is 0 Å². The smallest absolute Gasteiger partial charge is 0.242 e. The molecule has 0 spiro atoms. The van der Waals surface area contributed by atoms with Crippen LogP contribution in [0.25, 0.3) is 5.65 Å². The normalized spacial score (nSPS) is 18.6. The third-order valence-corrected chi connectivity index (χ3v) is 6.43. The second-order valence-corrected chi connectivity index (χ2v) is 8.92. The number of amides is 2. The van der Waals surface area contributed by atoms with Gasteiger partial charge in [-0.2, -0.15) is 0 Å². The molecule has 2 amide bonds. The van der Waals surface area contributed by atoms with Crippen molar-refractivity contribution in [2.24, 2.45) is 5.92 Å². The number of hydrogen-bond donors (Lipinski definition) is 1. The fraction of sp³-hybridized carbons (Fsp3) is 0.591. The third kappa shape index (κ3) is 5.52. The molecule has 30 heavy (non-hydrogen) atoms. The molecule has 1 aliphatic carbocycles. The van der Waals surface area contributed by atoms with E-state index >= 15 is 0 Å². The van der Waals surface area contributed by atoms with Gasteiger partial charge in [-0.1, -0.05) is 30.9 Å². The van der Waals surface area contributed by atoms with Crippen molar-refractivity contribution in [3.05, 3.63) is 35.2 Å². The predicted molar refractivity (Wildman–Crippen MR) is 116 cm³/mol. The Morgan fingerprint density at radius 1 is 1.07 bits per heavy atom. The van der Waals surface area contributed by atoms with Crippen LogP contribution in [0.5, 0.6) is 0 Å². The summed E-state index contributed by atoms with van der Waals surface area (Å²) in [5.41, 5.74) is 1.87. The summed E-state index contributed by atoms with van der Waals surface area (Å²) in [6.45, 7) is 3.82. The summed E-state index contributed by atoms with van der Waals surface area (Å²) in [6.07, 6.45) is 10.4. The Kier molecular flexibility index (Phi) is 6.89. The molecule has 8 heteroatoms. The van der Waals surface area contributed by atoms with Gasteiger partial charge in [-0.05, 0) is 30.9 Å². The van der Waals surface area contributed by atoms with Crippen LogP contribution in [-0.2, 0) is 16.1 Å². The minimum Gasteiger partial charge on any atom is -0.347 e. The topological polar surface area (TPSA) is 70.0 Å². The number of carbonyl (C=O) groups is 2. The van der Waals surface area contributed by atoms with Crippen LogP contribution in [0.1, 0.15) is 44.2 Å². The Balaban J connectivity index is 1.18. The van der Waals surface area contributed by atoms with E-state index in [-0.39, 0.29) is 18.4 Å². The molecular weight excluding hydrogens is 402 g/mol. The molecule has 3 heterocycles. The molecule has 1 saturated carbocycles. The number of nitrogens with zero attached hydrogens (tertiary/aromatic N) is 4. The third-order valence-electron chi connectivity index (χ3n) is 6.21. The van der Waals surface area contributed by atoms with E-state index in [4.69, 9.17) is 11.6 Å². The fourth-order valence-corrected chi connectivity index (χ4v) is 4.66. The molecule has 2 aliphatic rings. The number of imidazole rings is 1. The Labute approximate surface area is 182 Å². The molecule has 7 nitrogen and oxygen atoms in total. The van der Waals surface area contributed by atoms with E-state index in [1.54, 1.807) is 0 Å². The van der Waals surface area contributed by atoms with Crippen molar-refractivity contribution in [2.75, 3.05) is 32.7 Å². The van der Waals surface area contributed by atoms with Gasteiger partial charge in [0.25, 0.3) is 0 Å². The highest BCUT2D eigenvalue weighted by Gasteiger charge is 2.23. The van der Waals surface area contributed by atoms with Gasteiger partial charge in [0.2, 0.25) is 11.8 Å². The van der Waals surface area contributed by atoms with Gasteiger partial charge in [-0.15, -0.1) is 0 Å². The van der Waals surface area contributed by atoms with Gasteiger partial charge < -0.3 is 14.6 Å². The number of fused-ring (bicyclic) bond motifs is 1. The molecule has 1 aliphatic heterocycles. The van der Waals surface area contributed by atoms with Crippen molar-refractivity contribution in [1.82, 2.24) is 24.5 Å². The van der Waals surface area contributed by atoms with Gasteiger partial charge in [0, 0.05) is 51.5 Å². The number of pyridine rings is 1. The highest BCUT2D eigenvalue weighted by molar-refractivity contribution is 6.30. The zero-order valence-electron chi connectivity index (χ0n) is 17.4. The molecule has 4 rings (SSSR count). The summed E-state index contributed by atoms with van der Waals surface area (Å²) < 4.78 is 1.94. The highest BCUT2D eigenvalue weighted by atomic mass is 35.5. The van der Waals surface area contributed by atoms with Crippen LogP contribution < -0.4 is 5.32 Å². The van der Waals surface area contributed by atoms with E-state index in [0.717, 1.165) is 43.8 Å². The van der Waals surface area contributed by atoms with Crippen LogP contribution in [0.3, 0.4) is 0 Å². The lowest BCUT2D eigenvalue weighted by Gasteiger charge is -2.34. The lowest BCUT2D eigenvalue weighted by Crippen LogP contribution is -2.50. The molecule has 1 N–H and O–H groups in total. The van der Waals surface area contributed by atoms with Crippen LogP contribution in [0, 0.1) is 5.92 Å². The minimum atomic E-state index is 0.00835. The molecule has 1 saturated heterocycles. The molecule has 2 fully saturated rings. The van der Waals surface area contributed by atoms with E-state index in [1.807, 2.05) is 33.8 Å². The Morgan fingerprint density at radius 3 is 2.60 bits per heavy atom. The van der Waals surface area contributed by atoms with E-state index in [1.165, 1.54) is 19.3 Å². The molecule has 162 valence electrons. The van der Waals surface area contributed by atoms with Gasteiger partial charge in [0.05, 0.1) is 17.3 Å². The van der Waals surface area contributed by atoms with Crippen molar-refractivity contribution < 1.29 is 9.59 Å². The van der Waals surface area contributed by atoms with E-state index in [9.17, 15) is 9.59 Å². The molecule has 0 unspecified atom stereocenters. The summed E-state index contributed by atoms with van der Waals surface area (Å²) in [5.74, 6) is 0.517. The molecule has 0 bridgehead atoms. The maximum Gasteiger partial charge on any atom is 0.242 e. The summed E-state index contributed by atoms with van der Waals surface area (Å²) in [7, 11) is 0. The standard InChI is InChI=1S/C22H30ClN5O2/c23-18-6-7-20-25-19(16-28(20)14-18)15-26-8-10-27(11-9-26)22(30)13-24-21(29)12-17-4-2-1-3-5-17/h6-7,14,16-17H,1-5,8-13,15H2,(H,24,29). The second-order valence-electron chi connectivity index (χ2n) is 8.49. The first-order valence-electron chi connectivity index (χ1n) is 11.0. The number of rotatable bonds is 6. The van der Waals surface area contributed by atoms with E-state index in [2.05, 4.69) is 15.2 Å². The number of aromatic nitrogens is 2. The fourth-order valence-electron chi connectivity index (χ4n) is 4.49. The predicted octanol–water partition coefficient (Wildman–Crippen LogP) is 2.72. The SMILES string of the molecule is O=C(CC1CCCCC1)NCC(=O)N1CCN(Cc2cn3cc(Cl)ccc3n2)CC1. The van der Waals surface area contributed by atoms with Gasteiger partial charge in [-0.25, -0.2) is 4.98 Å². The van der Waals surface area contributed by atoms with Crippen molar-refractivity contribution in [2.45, 2.75) is 45.1 Å². The van der Waals surface area contributed by atoms with Crippen molar-refractivity contribution in [1.29, 1.82) is 0 Å². The average molecular weight is 432 g/mol. The first-order chi connectivity index (χ1) is 14.6. The van der Waals surface area contributed by atoms with Crippen molar-refractivity contribution >= 4 is 29.1 Å². The Bertz CT molecular complexity index is 885. The number of piperazine rings is 1. The van der Waals surface area contributed by atoms with Crippen LogP contribution in [0.4, 0.5) is 0 Å². The number of hydrogen-bond acceptors (Lipinski definition) is 4. The van der Waals surface area contributed by atoms with Crippen molar-refractivity contribution in [3.8, 4) is 0 Å². The lowest BCUT2D eigenvalue weighted by molar-refractivity contribution is -0.134. The summed E-state index contributed by atoms with van der Waals surface area (Å²) in [4.78, 5) is 33.4. The molecule has 0 aromatic carbocycles. The van der Waals surface area contributed by atoms with Crippen LogP contribution in [0.2, 0.25) is 5.02 Å². The first kappa shape index (κ1) is 21.1. The van der Waals surface area contributed by atoms with Crippen LogP contribution in [-0.4, -0.2) is 63.7 Å². The van der Waals surface area contributed by atoms with E-state index < -0.39 is 0 Å². The largest absolute Gasteiger partial charge is 0.347 e. The lowest BCUT2D eigenvalue weighted by atomic mass is 9.87. The molecule has 0 radical (unpaired) electrons. The van der Waals surface area contributed by atoms with E-state index in [0.29, 0.717) is 30.5 Å². The monoisotopic (exact) mass is 431 g/mol. The number of halogens is 1. The first-order valence-corrected chi connectivity index (χ1v) is 11.3. The summed E-state index contributed by atoms with van der Waals surface area (Å²) in [5, 5.41) is 3.51. The van der Waals surface area contributed by atoms with Crippen LogP contribution >= 0.6 is 11.6 Å². The van der Waals surface area contributed by atoms with Crippen molar-refractivity contribution in [3.63, 3.8) is 0 Å². The summed E-state index contributed by atoms with van der Waals surface area (Å²) in [6, 6.07) is 3.75. The van der Waals surface area contributed by atoms with Gasteiger partial charge in [0.1, 0.15) is 5.65 Å². The Hall–Kier alpha value is -2.12. The summed E-state index contributed by atoms with van der Waals surface area (Å²) >= 11 is 6.04. The molecule has 0 atom stereocenters. The average Bonchev–Trinajstić information content (AvgIpc) is 3.14.